The van der Waals surface area contributed by atoms with Gasteiger partial charge < -0.3 is 10.1 Å². The molecule has 0 bridgehead atoms. The van der Waals surface area contributed by atoms with E-state index in [1.54, 1.807) is 7.11 Å². The van der Waals surface area contributed by atoms with Crippen molar-refractivity contribution in [1.82, 2.24) is 9.97 Å². The van der Waals surface area contributed by atoms with Crippen LogP contribution in [0.15, 0.2) is 78.9 Å². The summed E-state index contributed by atoms with van der Waals surface area (Å²) in [5.74, 6) is 0.834. The third kappa shape index (κ3) is 2.72. The summed E-state index contributed by atoms with van der Waals surface area (Å²) in [7, 11) is 1.67. The Bertz CT molecular complexity index is 1280. The summed E-state index contributed by atoms with van der Waals surface area (Å²) < 4.78 is 5.24. The maximum Gasteiger partial charge on any atom is 0.119 e. The van der Waals surface area contributed by atoms with Gasteiger partial charge in [-0.15, -0.1) is 0 Å². The summed E-state index contributed by atoms with van der Waals surface area (Å²) in [6.45, 7) is 0. The van der Waals surface area contributed by atoms with E-state index < -0.39 is 0 Å². The first-order valence-electron chi connectivity index (χ1n) is 8.81. The molecule has 4 nitrogen and oxygen atoms in total. The van der Waals surface area contributed by atoms with Crippen LogP contribution in [-0.2, 0) is 0 Å². The third-order valence-electron chi connectivity index (χ3n) is 4.72. The van der Waals surface area contributed by atoms with Crippen LogP contribution in [0.1, 0.15) is 0 Å². The zero-order valence-electron chi connectivity index (χ0n) is 14.8. The highest BCUT2D eigenvalue weighted by Crippen LogP contribution is 2.33. The highest BCUT2D eigenvalue weighted by molar-refractivity contribution is 6.12. The van der Waals surface area contributed by atoms with Gasteiger partial charge in [0.2, 0.25) is 0 Å². The lowest BCUT2D eigenvalue weighted by molar-refractivity contribution is 0.415. The second-order valence-corrected chi connectivity index (χ2v) is 6.40. The van der Waals surface area contributed by atoms with E-state index in [-0.39, 0.29) is 0 Å². The first kappa shape index (κ1) is 15.6. The first-order valence-corrected chi connectivity index (χ1v) is 8.81. The molecule has 0 spiro atoms. The van der Waals surface area contributed by atoms with Crippen molar-refractivity contribution in [2.45, 2.75) is 0 Å². The van der Waals surface area contributed by atoms with Crippen LogP contribution in [0.4, 0.5) is 11.4 Å². The van der Waals surface area contributed by atoms with Gasteiger partial charge in [0.15, 0.2) is 0 Å². The molecule has 5 rings (SSSR count). The lowest BCUT2D eigenvalue weighted by Crippen LogP contribution is -1.95. The molecule has 0 fully saturated rings. The van der Waals surface area contributed by atoms with Crippen LogP contribution in [0.25, 0.3) is 32.8 Å². The van der Waals surface area contributed by atoms with Crippen molar-refractivity contribution in [3.63, 3.8) is 0 Å². The minimum absolute atomic E-state index is 0.834. The molecule has 0 atom stereocenters. The van der Waals surface area contributed by atoms with Crippen LogP contribution in [0.3, 0.4) is 0 Å². The van der Waals surface area contributed by atoms with E-state index in [4.69, 9.17) is 14.7 Å². The van der Waals surface area contributed by atoms with E-state index >= 15 is 0 Å². The topological polar surface area (TPSA) is 47.0 Å². The highest BCUT2D eigenvalue weighted by Gasteiger charge is 2.10. The number of rotatable bonds is 3. The fourth-order valence-corrected chi connectivity index (χ4v) is 3.38. The number of hydrogen-bond acceptors (Lipinski definition) is 4. The van der Waals surface area contributed by atoms with Gasteiger partial charge in [0.05, 0.1) is 29.2 Å². The zero-order chi connectivity index (χ0) is 18.2. The van der Waals surface area contributed by atoms with Crippen LogP contribution >= 0.6 is 0 Å². The van der Waals surface area contributed by atoms with Gasteiger partial charge in [0.25, 0.3) is 0 Å². The summed E-state index contributed by atoms with van der Waals surface area (Å²) >= 11 is 0. The van der Waals surface area contributed by atoms with Crippen molar-refractivity contribution in [2.24, 2.45) is 0 Å². The smallest absolute Gasteiger partial charge is 0.119 e. The monoisotopic (exact) mass is 351 g/mol. The SMILES string of the molecule is COc1ccc(Nc2cc3nc4ccccc4nc3c3ccccc23)cc1. The summed E-state index contributed by atoms with van der Waals surface area (Å²) in [4.78, 5) is 9.70. The molecule has 0 radical (unpaired) electrons. The standard InChI is InChI=1S/C23H17N3O/c1-27-16-12-10-15(11-13-16)24-21-14-22-23(18-7-3-2-6-17(18)21)26-20-9-5-4-8-19(20)25-22/h2-14,24H,1H3. The Morgan fingerprint density at radius 3 is 2.11 bits per heavy atom. The van der Waals surface area contributed by atoms with Crippen molar-refractivity contribution >= 4 is 44.2 Å². The molecule has 5 aromatic rings. The van der Waals surface area contributed by atoms with Crippen molar-refractivity contribution in [3.8, 4) is 5.75 Å². The second kappa shape index (κ2) is 6.25. The number of nitrogens with one attached hydrogen (secondary N) is 1. The van der Waals surface area contributed by atoms with Gasteiger partial charge in [0.1, 0.15) is 5.75 Å². The Morgan fingerprint density at radius 2 is 1.37 bits per heavy atom. The maximum atomic E-state index is 5.24. The summed E-state index contributed by atoms with van der Waals surface area (Å²) in [6.07, 6.45) is 0. The molecule has 0 saturated carbocycles. The lowest BCUT2D eigenvalue weighted by atomic mass is 10.1. The van der Waals surface area contributed by atoms with E-state index in [2.05, 4.69) is 23.5 Å². The second-order valence-electron chi connectivity index (χ2n) is 6.40. The average molecular weight is 351 g/mol. The molecule has 0 saturated heterocycles. The van der Waals surface area contributed by atoms with Crippen LogP contribution in [0.5, 0.6) is 5.75 Å². The normalized spacial score (nSPS) is 11.1. The Balaban J connectivity index is 1.73. The number of para-hydroxylation sites is 2. The molecule has 0 unspecified atom stereocenters. The molecule has 4 aromatic carbocycles. The van der Waals surface area contributed by atoms with Gasteiger partial charge in [-0.05, 0) is 42.5 Å². The van der Waals surface area contributed by atoms with E-state index in [1.807, 2.05) is 60.7 Å². The zero-order valence-corrected chi connectivity index (χ0v) is 14.8. The van der Waals surface area contributed by atoms with Gasteiger partial charge in [-0.1, -0.05) is 36.4 Å². The molecule has 0 aliphatic rings. The predicted octanol–water partition coefficient (Wildman–Crippen LogP) is 5.69. The van der Waals surface area contributed by atoms with E-state index in [9.17, 15) is 0 Å². The molecule has 1 N–H and O–H groups in total. The van der Waals surface area contributed by atoms with Crippen LogP contribution in [0, 0.1) is 0 Å². The Hall–Kier alpha value is -3.66. The Morgan fingerprint density at radius 1 is 0.704 bits per heavy atom. The van der Waals surface area contributed by atoms with Gasteiger partial charge in [0, 0.05) is 22.1 Å². The van der Waals surface area contributed by atoms with Gasteiger partial charge in [-0.2, -0.15) is 0 Å². The number of aromatic nitrogens is 2. The molecular formula is C23H17N3O. The van der Waals surface area contributed by atoms with E-state index in [1.165, 1.54) is 0 Å². The molecule has 1 aromatic heterocycles. The molecular weight excluding hydrogens is 334 g/mol. The first-order chi connectivity index (χ1) is 13.3. The van der Waals surface area contributed by atoms with E-state index in [0.29, 0.717) is 0 Å². The van der Waals surface area contributed by atoms with E-state index in [0.717, 1.165) is 50.0 Å². The van der Waals surface area contributed by atoms with Crippen LogP contribution in [0.2, 0.25) is 0 Å². The van der Waals surface area contributed by atoms with Crippen LogP contribution in [-0.4, -0.2) is 17.1 Å². The lowest BCUT2D eigenvalue weighted by Gasteiger charge is -2.13. The Kier molecular flexibility index (Phi) is 3.61. The van der Waals surface area contributed by atoms with Gasteiger partial charge >= 0.3 is 0 Å². The number of anilines is 2. The molecule has 27 heavy (non-hydrogen) atoms. The quantitative estimate of drug-likeness (QED) is 0.335. The minimum Gasteiger partial charge on any atom is -0.497 e. The highest BCUT2D eigenvalue weighted by atomic mass is 16.5. The molecule has 1 heterocycles. The molecule has 0 aliphatic heterocycles. The minimum atomic E-state index is 0.834. The van der Waals surface area contributed by atoms with Crippen molar-refractivity contribution in [2.75, 3.05) is 12.4 Å². The Labute approximate surface area is 156 Å². The summed E-state index contributed by atoms with van der Waals surface area (Å²) in [5, 5.41) is 5.72. The average Bonchev–Trinajstić information content (AvgIpc) is 2.73. The number of benzene rings is 4. The maximum absolute atomic E-state index is 5.24. The largest absolute Gasteiger partial charge is 0.497 e. The summed E-state index contributed by atoms with van der Waals surface area (Å²) in [6, 6.07) is 26.2. The fourth-order valence-electron chi connectivity index (χ4n) is 3.38. The number of methoxy groups -OCH3 is 1. The number of nitrogens with zero attached hydrogens (tertiary/aromatic N) is 2. The number of fused-ring (bicyclic) bond motifs is 4. The van der Waals surface area contributed by atoms with Crippen molar-refractivity contribution < 1.29 is 4.74 Å². The van der Waals surface area contributed by atoms with Crippen LogP contribution < -0.4 is 10.1 Å². The molecule has 0 aliphatic carbocycles. The molecule has 0 amide bonds. The number of hydrogen-bond donors (Lipinski definition) is 1. The van der Waals surface area contributed by atoms with Gasteiger partial charge in [-0.3, -0.25) is 0 Å². The number of ether oxygens (including phenoxy) is 1. The third-order valence-corrected chi connectivity index (χ3v) is 4.72. The van der Waals surface area contributed by atoms with Crippen molar-refractivity contribution in [3.05, 3.63) is 78.9 Å². The summed E-state index contributed by atoms with van der Waals surface area (Å²) in [5.41, 5.74) is 5.61. The molecule has 4 heteroatoms. The van der Waals surface area contributed by atoms with Gasteiger partial charge in [-0.25, -0.2) is 9.97 Å². The van der Waals surface area contributed by atoms with Crippen molar-refractivity contribution in [1.29, 1.82) is 0 Å². The predicted molar refractivity (Wildman–Crippen MR) is 111 cm³/mol. The molecule has 130 valence electrons. The fraction of sp³-hybridized carbons (Fsp3) is 0.0435.